The molecule has 0 aliphatic carbocycles. The Morgan fingerprint density at radius 2 is 1.64 bits per heavy atom. The van der Waals surface area contributed by atoms with E-state index >= 15 is 0 Å². The molecule has 0 radical (unpaired) electrons. The van der Waals surface area contributed by atoms with Crippen molar-refractivity contribution in [2.75, 3.05) is 27.4 Å². The van der Waals surface area contributed by atoms with E-state index in [9.17, 15) is 0 Å². The molecule has 1 unspecified atom stereocenters. The molecule has 3 N–H and O–H groups in total. The van der Waals surface area contributed by atoms with Gasteiger partial charge in [-0.1, -0.05) is 0 Å². The summed E-state index contributed by atoms with van der Waals surface area (Å²) in [5.74, 6) is 0. The Morgan fingerprint density at radius 3 is 1.93 bits per heavy atom. The van der Waals surface area contributed by atoms with Gasteiger partial charge in [-0.05, 0) is 13.8 Å². The third kappa shape index (κ3) is 3.89. The second kappa shape index (κ2) is 6.31. The Balaban J connectivity index is 4.20. The highest BCUT2D eigenvalue weighted by Gasteiger charge is 2.27. The number of aliphatic hydroxyl groups is 2. The highest BCUT2D eigenvalue weighted by molar-refractivity contribution is 4.85. The number of rotatable bonds is 7. The van der Waals surface area contributed by atoms with E-state index in [1.807, 2.05) is 6.92 Å². The van der Waals surface area contributed by atoms with Crippen LogP contribution in [0.15, 0.2) is 0 Å². The predicted octanol–water partition coefficient (Wildman–Crippen LogP) is -0.673. The van der Waals surface area contributed by atoms with Gasteiger partial charge in [-0.15, -0.1) is 0 Å². The van der Waals surface area contributed by atoms with Crippen LogP contribution in [-0.2, 0) is 9.47 Å². The van der Waals surface area contributed by atoms with Gasteiger partial charge in [-0.3, -0.25) is 0 Å². The van der Waals surface area contributed by atoms with Gasteiger partial charge in [-0.25, -0.2) is 0 Å². The van der Waals surface area contributed by atoms with E-state index in [4.69, 9.17) is 19.7 Å². The maximum absolute atomic E-state index is 9.06. The molecule has 5 nitrogen and oxygen atoms in total. The number of nitrogens with one attached hydrogen (secondary N) is 1. The summed E-state index contributed by atoms with van der Waals surface area (Å²) < 4.78 is 10.1. The molecule has 0 aromatic heterocycles. The molecule has 0 aliphatic rings. The van der Waals surface area contributed by atoms with Crippen molar-refractivity contribution in [2.24, 2.45) is 0 Å². The molecule has 0 fully saturated rings. The average molecular weight is 207 g/mol. The van der Waals surface area contributed by atoms with E-state index in [2.05, 4.69) is 5.32 Å². The van der Waals surface area contributed by atoms with E-state index in [-0.39, 0.29) is 19.3 Å². The fourth-order valence-electron chi connectivity index (χ4n) is 1.26. The largest absolute Gasteiger partial charge is 0.394 e. The molecular weight excluding hydrogens is 186 g/mol. The fraction of sp³-hybridized carbons (Fsp3) is 1.00. The van der Waals surface area contributed by atoms with Gasteiger partial charge in [0.15, 0.2) is 6.29 Å². The second-order valence-corrected chi connectivity index (χ2v) is 3.65. The third-order valence-corrected chi connectivity index (χ3v) is 2.15. The lowest BCUT2D eigenvalue weighted by atomic mass is 10.0. The second-order valence-electron chi connectivity index (χ2n) is 3.65. The van der Waals surface area contributed by atoms with Gasteiger partial charge < -0.3 is 25.0 Å². The fourth-order valence-corrected chi connectivity index (χ4v) is 1.26. The van der Waals surface area contributed by atoms with Gasteiger partial charge in [0, 0.05) is 14.2 Å². The van der Waals surface area contributed by atoms with Crippen LogP contribution in [0.1, 0.15) is 13.8 Å². The van der Waals surface area contributed by atoms with E-state index in [0.717, 1.165) is 0 Å². The van der Waals surface area contributed by atoms with Gasteiger partial charge in [0.1, 0.15) is 0 Å². The molecule has 0 spiro atoms. The first kappa shape index (κ1) is 13.8. The maximum atomic E-state index is 9.06. The van der Waals surface area contributed by atoms with Gasteiger partial charge >= 0.3 is 0 Å². The van der Waals surface area contributed by atoms with Crippen LogP contribution in [0.2, 0.25) is 0 Å². The summed E-state index contributed by atoms with van der Waals surface area (Å²) >= 11 is 0. The first-order chi connectivity index (χ1) is 6.52. The van der Waals surface area contributed by atoms with Crippen LogP contribution < -0.4 is 5.32 Å². The molecule has 0 amide bonds. The predicted molar refractivity (Wildman–Crippen MR) is 53.0 cm³/mol. The summed E-state index contributed by atoms with van der Waals surface area (Å²) in [7, 11) is 3.09. The molecule has 14 heavy (non-hydrogen) atoms. The summed E-state index contributed by atoms with van der Waals surface area (Å²) in [6.07, 6.45) is -0.396. The average Bonchev–Trinajstić information content (AvgIpc) is 2.19. The minimum absolute atomic E-state index is 0.116. The quantitative estimate of drug-likeness (QED) is 0.483. The first-order valence-corrected chi connectivity index (χ1v) is 4.58. The Labute approximate surface area is 85.0 Å². The van der Waals surface area contributed by atoms with Crippen molar-refractivity contribution >= 4 is 0 Å². The minimum atomic E-state index is -0.714. The standard InChI is InChI=1S/C9H21NO4/c1-7(8(13-3)14-4)10-9(2,5-11)6-12/h7-8,10-12H,5-6H2,1-4H3. The van der Waals surface area contributed by atoms with Gasteiger partial charge in [0.05, 0.1) is 24.8 Å². The van der Waals surface area contributed by atoms with Crippen molar-refractivity contribution in [3.63, 3.8) is 0 Å². The molecule has 0 aromatic carbocycles. The zero-order valence-corrected chi connectivity index (χ0v) is 9.28. The van der Waals surface area contributed by atoms with Crippen molar-refractivity contribution in [1.82, 2.24) is 5.32 Å². The summed E-state index contributed by atoms with van der Waals surface area (Å²) in [5, 5.41) is 21.2. The minimum Gasteiger partial charge on any atom is -0.394 e. The number of aliphatic hydroxyl groups excluding tert-OH is 2. The van der Waals surface area contributed by atoms with Gasteiger partial charge in [0.2, 0.25) is 0 Å². The van der Waals surface area contributed by atoms with Crippen LogP contribution in [-0.4, -0.2) is 55.5 Å². The number of hydrogen-bond acceptors (Lipinski definition) is 5. The molecule has 0 aliphatic heterocycles. The lowest BCUT2D eigenvalue weighted by Gasteiger charge is -2.33. The first-order valence-electron chi connectivity index (χ1n) is 4.58. The Bertz CT molecular complexity index is 146. The monoisotopic (exact) mass is 207 g/mol. The van der Waals surface area contributed by atoms with E-state index in [0.29, 0.717) is 0 Å². The smallest absolute Gasteiger partial charge is 0.171 e. The molecule has 0 heterocycles. The number of ether oxygens (including phenoxy) is 2. The summed E-state index contributed by atoms with van der Waals surface area (Å²) in [5.41, 5.74) is -0.714. The van der Waals surface area contributed by atoms with Crippen LogP contribution in [0, 0.1) is 0 Å². The Morgan fingerprint density at radius 1 is 1.21 bits per heavy atom. The highest BCUT2D eigenvalue weighted by atomic mass is 16.7. The molecule has 0 saturated heterocycles. The number of methoxy groups -OCH3 is 2. The number of hydrogen-bond donors (Lipinski definition) is 3. The zero-order valence-electron chi connectivity index (χ0n) is 9.28. The molecule has 5 heteroatoms. The molecule has 0 rings (SSSR count). The van der Waals surface area contributed by atoms with Crippen LogP contribution in [0.3, 0.4) is 0 Å². The van der Waals surface area contributed by atoms with E-state index in [1.54, 1.807) is 21.1 Å². The Kier molecular flexibility index (Phi) is 6.22. The molecular formula is C9H21NO4. The molecule has 0 aromatic rings. The summed E-state index contributed by atoms with van der Waals surface area (Å²) in [4.78, 5) is 0. The van der Waals surface area contributed by atoms with E-state index < -0.39 is 11.8 Å². The molecule has 0 bridgehead atoms. The van der Waals surface area contributed by atoms with Gasteiger partial charge in [-0.2, -0.15) is 0 Å². The third-order valence-electron chi connectivity index (χ3n) is 2.15. The molecule has 1 atom stereocenters. The van der Waals surface area contributed by atoms with Crippen molar-refractivity contribution in [1.29, 1.82) is 0 Å². The normalized spacial score (nSPS) is 14.8. The molecule has 86 valence electrons. The highest BCUT2D eigenvalue weighted by Crippen LogP contribution is 2.07. The lowest BCUT2D eigenvalue weighted by Crippen LogP contribution is -2.56. The topological polar surface area (TPSA) is 71.0 Å². The molecule has 0 saturated carbocycles. The van der Waals surface area contributed by atoms with Crippen molar-refractivity contribution in [3.8, 4) is 0 Å². The van der Waals surface area contributed by atoms with Crippen LogP contribution in [0.25, 0.3) is 0 Å². The Hall–Kier alpha value is -0.200. The summed E-state index contributed by atoms with van der Waals surface area (Å²) in [6, 6.07) is -0.116. The van der Waals surface area contributed by atoms with Gasteiger partial charge in [0.25, 0.3) is 0 Å². The van der Waals surface area contributed by atoms with Crippen molar-refractivity contribution in [3.05, 3.63) is 0 Å². The van der Waals surface area contributed by atoms with Crippen LogP contribution in [0.5, 0.6) is 0 Å². The van der Waals surface area contributed by atoms with Crippen LogP contribution in [0.4, 0.5) is 0 Å². The lowest BCUT2D eigenvalue weighted by molar-refractivity contribution is -0.125. The van der Waals surface area contributed by atoms with Crippen molar-refractivity contribution in [2.45, 2.75) is 31.7 Å². The maximum Gasteiger partial charge on any atom is 0.171 e. The van der Waals surface area contributed by atoms with Crippen LogP contribution >= 0.6 is 0 Å². The van der Waals surface area contributed by atoms with Crippen molar-refractivity contribution < 1.29 is 19.7 Å². The zero-order chi connectivity index (χ0) is 11.2. The summed E-state index contributed by atoms with van der Waals surface area (Å²) in [6.45, 7) is 3.30. The SMILES string of the molecule is COC(OC)C(C)NC(C)(CO)CO. The van der Waals surface area contributed by atoms with E-state index in [1.165, 1.54) is 0 Å².